The molecule has 0 unspecified atom stereocenters. The predicted molar refractivity (Wildman–Crippen MR) is 80.3 cm³/mol. The van der Waals surface area contributed by atoms with E-state index in [1.165, 1.54) is 11.1 Å². The summed E-state index contributed by atoms with van der Waals surface area (Å²) in [5.74, 6) is 1.65. The van der Waals surface area contributed by atoms with E-state index < -0.39 is 0 Å². The molecule has 0 atom stereocenters. The standard InChI is InChI=1S/C16H21N3O2/c1-16(2,3)19-10-13(9-18-19)8-17-7-12-4-5-14-15(6-12)21-11-20-14/h4-6,9-10,17H,7-8,11H2,1-3H3. The van der Waals surface area contributed by atoms with Gasteiger partial charge in [-0.05, 0) is 38.5 Å². The minimum atomic E-state index is 0.0234. The molecule has 0 bridgehead atoms. The Morgan fingerprint density at radius 1 is 1.14 bits per heavy atom. The average molecular weight is 287 g/mol. The van der Waals surface area contributed by atoms with Crippen LogP contribution in [0.1, 0.15) is 31.9 Å². The summed E-state index contributed by atoms with van der Waals surface area (Å²) < 4.78 is 12.7. The Morgan fingerprint density at radius 2 is 1.90 bits per heavy atom. The van der Waals surface area contributed by atoms with E-state index in [0.717, 1.165) is 24.6 Å². The van der Waals surface area contributed by atoms with Gasteiger partial charge >= 0.3 is 0 Å². The van der Waals surface area contributed by atoms with Crippen LogP contribution < -0.4 is 14.8 Å². The zero-order valence-electron chi connectivity index (χ0n) is 12.7. The molecule has 2 heterocycles. The Morgan fingerprint density at radius 3 is 2.67 bits per heavy atom. The summed E-state index contributed by atoms with van der Waals surface area (Å²) in [6.07, 6.45) is 4.00. The van der Waals surface area contributed by atoms with Crippen molar-refractivity contribution in [2.24, 2.45) is 0 Å². The van der Waals surface area contributed by atoms with Crippen LogP contribution in [0.4, 0.5) is 0 Å². The van der Waals surface area contributed by atoms with E-state index in [1.807, 2.05) is 23.0 Å². The maximum absolute atomic E-state index is 5.38. The summed E-state index contributed by atoms with van der Waals surface area (Å²) in [7, 11) is 0. The van der Waals surface area contributed by atoms with Crippen molar-refractivity contribution in [2.75, 3.05) is 6.79 Å². The Kier molecular flexibility index (Phi) is 3.59. The van der Waals surface area contributed by atoms with Crippen molar-refractivity contribution < 1.29 is 9.47 Å². The number of fused-ring (bicyclic) bond motifs is 1. The minimum absolute atomic E-state index is 0.0234. The van der Waals surface area contributed by atoms with Crippen molar-refractivity contribution in [2.45, 2.75) is 39.4 Å². The zero-order chi connectivity index (χ0) is 14.9. The maximum Gasteiger partial charge on any atom is 0.231 e. The Hall–Kier alpha value is -2.01. The minimum Gasteiger partial charge on any atom is -0.454 e. The molecule has 0 fully saturated rings. The Labute approximate surface area is 124 Å². The highest BCUT2D eigenvalue weighted by Crippen LogP contribution is 2.32. The van der Waals surface area contributed by atoms with Crippen LogP contribution in [0.3, 0.4) is 0 Å². The highest BCUT2D eigenvalue weighted by atomic mass is 16.7. The van der Waals surface area contributed by atoms with Gasteiger partial charge in [0.1, 0.15) is 0 Å². The van der Waals surface area contributed by atoms with Gasteiger partial charge in [0.15, 0.2) is 11.5 Å². The van der Waals surface area contributed by atoms with Crippen molar-refractivity contribution in [3.8, 4) is 11.5 Å². The van der Waals surface area contributed by atoms with Gasteiger partial charge in [0.25, 0.3) is 0 Å². The monoisotopic (exact) mass is 287 g/mol. The van der Waals surface area contributed by atoms with Crippen molar-refractivity contribution >= 4 is 0 Å². The highest BCUT2D eigenvalue weighted by Gasteiger charge is 2.14. The average Bonchev–Trinajstić information content (AvgIpc) is 3.05. The number of nitrogens with zero attached hydrogens (tertiary/aromatic N) is 2. The maximum atomic E-state index is 5.38. The molecule has 5 heteroatoms. The predicted octanol–water partition coefficient (Wildman–Crippen LogP) is 2.66. The largest absolute Gasteiger partial charge is 0.454 e. The third-order valence-electron chi connectivity index (χ3n) is 3.42. The molecule has 5 nitrogen and oxygen atoms in total. The normalized spacial score (nSPS) is 13.7. The van der Waals surface area contributed by atoms with Gasteiger partial charge in [-0.15, -0.1) is 0 Å². The lowest BCUT2D eigenvalue weighted by atomic mass is 10.1. The molecule has 0 amide bonds. The fourth-order valence-electron chi connectivity index (χ4n) is 2.22. The van der Waals surface area contributed by atoms with Gasteiger partial charge in [-0.25, -0.2) is 0 Å². The van der Waals surface area contributed by atoms with Gasteiger partial charge in [0, 0.05) is 24.8 Å². The SMILES string of the molecule is CC(C)(C)n1cc(CNCc2ccc3c(c2)OCO3)cn1. The number of ether oxygens (including phenoxy) is 2. The van der Waals surface area contributed by atoms with Gasteiger partial charge in [-0.3, -0.25) is 4.68 Å². The van der Waals surface area contributed by atoms with Crippen LogP contribution in [0.5, 0.6) is 11.5 Å². The molecule has 1 aromatic carbocycles. The summed E-state index contributed by atoms with van der Waals surface area (Å²) in [6.45, 7) is 8.33. The first-order valence-corrected chi connectivity index (χ1v) is 7.16. The molecule has 0 radical (unpaired) electrons. The van der Waals surface area contributed by atoms with E-state index in [4.69, 9.17) is 9.47 Å². The van der Waals surface area contributed by atoms with E-state index >= 15 is 0 Å². The van der Waals surface area contributed by atoms with Crippen LogP contribution in [0.15, 0.2) is 30.6 Å². The van der Waals surface area contributed by atoms with E-state index in [-0.39, 0.29) is 5.54 Å². The summed E-state index contributed by atoms with van der Waals surface area (Å²) >= 11 is 0. The first-order valence-electron chi connectivity index (χ1n) is 7.16. The molecule has 3 rings (SSSR count). The summed E-state index contributed by atoms with van der Waals surface area (Å²) in [5.41, 5.74) is 2.39. The van der Waals surface area contributed by atoms with Crippen molar-refractivity contribution in [3.63, 3.8) is 0 Å². The van der Waals surface area contributed by atoms with Gasteiger partial charge in [0.05, 0.1) is 11.7 Å². The Balaban J connectivity index is 1.55. The van der Waals surface area contributed by atoms with Crippen molar-refractivity contribution in [3.05, 3.63) is 41.7 Å². The molecule has 21 heavy (non-hydrogen) atoms. The number of hydrogen-bond donors (Lipinski definition) is 1. The highest BCUT2D eigenvalue weighted by molar-refractivity contribution is 5.44. The molecular formula is C16H21N3O2. The molecule has 0 saturated heterocycles. The fraction of sp³-hybridized carbons (Fsp3) is 0.438. The molecule has 1 aliphatic rings. The molecule has 1 aliphatic heterocycles. The van der Waals surface area contributed by atoms with Crippen LogP contribution in [0, 0.1) is 0 Å². The Bertz CT molecular complexity index is 629. The third-order valence-corrected chi connectivity index (χ3v) is 3.42. The lowest BCUT2D eigenvalue weighted by molar-refractivity contribution is 0.174. The third kappa shape index (κ3) is 3.19. The lowest BCUT2D eigenvalue weighted by Gasteiger charge is -2.18. The molecular weight excluding hydrogens is 266 g/mol. The van der Waals surface area contributed by atoms with E-state index in [1.54, 1.807) is 0 Å². The van der Waals surface area contributed by atoms with Gasteiger partial charge in [-0.2, -0.15) is 5.10 Å². The van der Waals surface area contributed by atoms with Crippen LogP contribution in [-0.2, 0) is 18.6 Å². The van der Waals surface area contributed by atoms with E-state index in [0.29, 0.717) is 6.79 Å². The van der Waals surface area contributed by atoms with Crippen molar-refractivity contribution in [1.29, 1.82) is 0 Å². The number of aromatic nitrogens is 2. The van der Waals surface area contributed by atoms with Gasteiger partial charge in [0.2, 0.25) is 6.79 Å². The van der Waals surface area contributed by atoms with Gasteiger partial charge in [-0.1, -0.05) is 6.07 Å². The molecule has 112 valence electrons. The second-order valence-electron chi connectivity index (χ2n) is 6.26. The molecule has 0 saturated carbocycles. The number of rotatable bonds is 4. The quantitative estimate of drug-likeness (QED) is 0.939. The number of nitrogens with one attached hydrogen (secondary N) is 1. The molecule has 0 aliphatic carbocycles. The first-order chi connectivity index (χ1) is 10.0. The molecule has 1 N–H and O–H groups in total. The lowest BCUT2D eigenvalue weighted by Crippen LogP contribution is -2.22. The topological polar surface area (TPSA) is 48.3 Å². The zero-order valence-corrected chi connectivity index (χ0v) is 12.7. The summed E-state index contributed by atoms with van der Waals surface area (Å²) in [4.78, 5) is 0. The summed E-state index contributed by atoms with van der Waals surface area (Å²) in [5, 5.41) is 7.82. The van der Waals surface area contributed by atoms with E-state index in [2.05, 4.69) is 43.4 Å². The van der Waals surface area contributed by atoms with Gasteiger partial charge < -0.3 is 14.8 Å². The van der Waals surface area contributed by atoms with Crippen LogP contribution in [0.2, 0.25) is 0 Å². The number of hydrogen-bond acceptors (Lipinski definition) is 4. The smallest absolute Gasteiger partial charge is 0.231 e. The number of benzene rings is 1. The van der Waals surface area contributed by atoms with Crippen LogP contribution in [0.25, 0.3) is 0 Å². The molecule has 1 aromatic heterocycles. The van der Waals surface area contributed by atoms with E-state index in [9.17, 15) is 0 Å². The second kappa shape index (κ2) is 5.41. The summed E-state index contributed by atoms with van der Waals surface area (Å²) in [6, 6.07) is 6.03. The van der Waals surface area contributed by atoms with Crippen LogP contribution in [-0.4, -0.2) is 16.6 Å². The molecule has 0 spiro atoms. The fourth-order valence-corrected chi connectivity index (χ4v) is 2.22. The van der Waals surface area contributed by atoms with Crippen molar-refractivity contribution in [1.82, 2.24) is 15.1 Å². The van der Waals surface area contributed by atoms with Crippen LogP contribution >= 0.6 is 0 Å². The second-order valence-corrected chi connectivity index (χ2v) is 6.26. The molecule has 2 aromatic rings. The first kappa shape index (κ1) is 13.9.